The molecule has 138 valence electrons. The van der Waals surface area contributed by atoms with Crippen LogP contribution in [0.2, 0.25) is 0 Å². The van der Waals surface area contributed by atoms with Crippen LogP contribution in [0.3, 0.4) is 0 Å². The number of ether oxygens (including phenoxy) is 2. The Morgan fingerprint density at radius 3 is 2.46 bits per heavy atom. The number of carbonyl (C=O) groups is 2. The second-order valence-electron chi connectivity index (χ2n) is 5.77. The van der Waals surface area contributed by atoms with E-state index in [0.29, 0.717) is 23.5 Å². The van der Waals surface area contributed by atoms with E-state index in [2.05, 4.69) is 0 Å². The lowest BCUT2D eigenvalue weighted by Crippen LogP contribution is -2.11. The number of rotatable bonds is 9. The number of hydrogen-bond acceptors (Lipinski definition) is 5. The summed E-state index contributed by atoms with van der Waals surface area (Å²) in [4.78, 5) is 22.5. The number of ketones is 1. The molecule has 0 amide bonds. The van der Waals surface area contributed by atoms with E-state index < -0.39 is 5.97 Å². The molecule has 0 aromatic heterocycles. The van der Waals surface area contributed by atoms with Gasteiger partial charge in [0.25, 0.3) is 0 Å². The van der Waals surface area contributed by atoms with E-state index >= 15 is 0 Å². The minimum absolute atomic E-state index is 0.0353. The largest absolute Gasteiger partial charge is 0.507 e. The molecule has 2 aromatic rings. The molecular formula is C20H22O6. The molecule has 0 aliphatic rings. The molecule has 6 heteroatoms. The standard InChI is InChI=1S/C20H22O6/c1-3-5-17-18(9-8-16(13(2)21)19(17)22)26-11-10-25-15-7-4-6-14(12-15)20(23)24/h4,6-9,12,22H,3,5,10-11H2,1-2H3,(H,23,24). The van der Waals surface area contributed by atoms with Crippen molar-refractivity contribution in [3.63, 3.8) is 0 Å². The molecule has 2 aromatic carbocycles. The molecule has 0 atom stereocenters. The van der Waals surface area contributed by atoms with E-state index in [1.807, 2.05) is 6.92 Å². The number of carboxylic acids is 1. The molecule has 0 radical (unpaired) electrons. The van der Waals surface area contributed by atoms with E-state index in [4.69, 9.17) is 14.6 Å². The first-order valence-corrected chi connectivity index (χ1v) is 8.38. The molecule has 26 heavy (non-hydrogen) atoms. The highest BCUT2D eigenvalue weighted by molar-refractivity contribution is 5.97. The van der Waals surface area contributed by atoms with Crippen molar-refractivity contribution in [3.8, 4) is 17.2 Å². The van der Waals surface area contributed by atoms with Crippen molar-refractivity contribution in [1.82, 2.24) is 0 Å². The third-order valence-corrected chi connectivity index (χ3v) is 3.81. The summed E-state index contributed by atoms with van der Waals surface area (Å²) in [7, 11) is 0. The molecule has 0 saturated carbocycles. The van der Waals surface area contributed by atoms with Crippen molar-refractivity contribution in [2.75, 3.05) is 13.2 Å². The normalized spacial score (nSPS) is 10.4. The predicted molar refractivity (Wildman–Crippen MR) is 96.5 cm³/mol. The van der Waals surface area contributed by atoms with Crippen LogP contribution in [0.5, 0.6) is 17.2 Å². The topological polar surface area (TPSA) is 93.1 Å². The minimum atomic E-state index is -1.02. The molecule has 0 saturated heterocycles. The Kier molecular flexibility index (Phi) is 6.60. The molecule has 2 N–H and O–H groups in total. The van der Waals surface area contributed by atoms with Gasteiger partial charge in [-0.05, 0) is 43.7 Å². The van der Waals surface area contributed by atoms with Crippen molar-refractivity contribution in [3.05, 3.63) is 53.1 Å². The van der Waals surface area contributed by atoms with Crippen molar-refractivity contribution in [2.24, 2.45) is 0 Å². The second-order valence-corrected chi connectivity index (χ2v) is 5.77. The zero-order valence-corrected chi connectivity index (χ0v) is 14.8. The number of aromatic hydroxyl groups is 1. The summed E-state index contributed by atoms with van der Waals surface area (Å²) in [5.41, 5.74) is 1.04. The third-order valence-electron chi connectivity index (χ3n) is 3.81. The van der Waals surface area contributed by atoms with Gasteiger partial charge in [0.15, 0.2) is 5.78 Å². The van der Waals surface area contributed by atoms with Gasteiger partial charge in [-0.2, -0.15) is 0 Å². The first kappa shape index (κ1) is 19.3. The smallest absolute Gasteiger partial charge is 0.335 e. The molecule has 0 aliphatic heterocycles. The van der Waals surface area contributed by atoms with Gasteiger partial charge in [0, 0.05) is 5.56 Å². The van der Waals surface area contributed by atoms with Crippen LogP contribution in [-0.4, -0.2) is 35.2 Å². The lowest BCUT2D eigenvalue weighted by molar-refractivity contribution is 0.0696. The fourth-order valence-electron chi connectivity index (χ4n) is 2.56. The number of benzene rings is 2. The molecule has 0 bridgehead atoms. The SMILES string of the molecule is CCCc1c(OCCOc2cccc(C(=O)O)c2)ccc(C(C)=O)c1O. The van der Waals surface area contributed by atoms with Crippen LogP contribution in [0.25, 0.3) is 0 Å². The molecular weight excluding hydrogens is 336 g/mol. The second kappa shape index (κ2) is 8.89. The van der Waals surface area contributed by atoms with Gasteiger partial charge in [-0.15, -0.1) is 0 Å². The molecule has 0 spiro atoms. The fourth-order valence-corrected chi connectivity index (χ4v) is 2.56. The van der Waals surface area contributed by atoms with Crippen LogP contribution < -0.4 is 9.47 Å². The third kappa shape index (κ3) is 4.75. The lowest BCUT2D eigenvalue weighted by atomic mass is 10.0. The van der Waals surface area contributed by atoms with Gasteiger partial charge >= 0.3 is 5.97 Å². The number of phenolic OH excluding ortho intramolecular Hbond substituents is 1. The Hall–Kier alpha value is -3.02. The number of phenols is 1. The Morgan fingerprint density at radius 2 is 1.81 bits per heavy atom. The van der Waals surface area contributed by atoms with E-state index in [-0.39, 0.29) is 35.9 Å². The first-order chi connectivity index (χ1) is 12.4. The molecule has 0 fully saturated rings. The summed E-state index contributed by atoms with van der Waals surface area (Å²) in [6, 6.07) is 9.43. The van der Waals surface area contributed by atoms with Crippen molar-refractivity contribution in [2.45, 2.75) is 26.7 Å². The highest BCUT2D eigenvalue weighted by Gasteiger charge is 2.15. The number of hydrogen-bond donors (Lipinski definition) is 2. The first-order valence-electron chi connectivity index (χ1n) is 8.38. The monoisotopic (exact) mass is 358 g/mol. The Labute approximate surface area is 152 Å². The van der Waals surface area contributed by atoms with E-state index in [1.165, 1.54) is 19.1 Å². The Balaban J connectivity index is 2.01. The lowest BCUT2D eigenvalue weighted by Gasteiger charge is -2.15. The zero-order valence-electron chi connectivity index (χ0n) is 14.8. The Bertz CT molecular complexity index is 797. The van der Waals surface area contributed by atoms with Crippen molar-refractivity contribution < 1.29 is 29.3 Å². The van der Waals surface area contributed by atoms with Crippen LogP contribution in [0, 0.1) is 0 Å². The van der Waals surface area contributed by atoms with E-state index in [1.54, 1.807) is 24.3 Å². The molecule has 0 unspecified atom stereocenters. The van der Waals surface area contributed by atoms with E-state index in [0.717, 1.165) is 6.42 Å². The maximum Gasteiger partial charge on any atom is 0.335 e. The van der Waals surface area contributed by atoms with Crippen LogP contribution in [0.15, 0.2) is 36.4 Å². The summed E-state index contributed by atoms with van der Waals surface area (Å²) in [5, 5.41) is 19.3. The highest BCUT2D eigenvalue weighted by atomic mass is 16.5. The van der Waals surface area contributed by atoms with Crippen LogP contribution in [-0.2, 0) is 6.42 Å². The fraction of sp³-hybridized carbons (Fsp3) is 0.300. The van der Waals surface area contributed by atoms with Crippen molar-refractivity contribution in [1.29, 1.82) is 0 Å². The van der Waals surface area contributed by atoms with Gasteiger partial charge in [-0.3, -0.25) is 4.79 Å². The minimum Gasteiger partial charge on any atom is -0.507 e. The summed E-state index contributed by atoms with van der Waals surface area (Å²) in [6.45, 7) is 3.81. The van der Waals surface area contributed by atoms with E-state index in [9.17, 15) is 14.7 Å². The highest BCUT2D eigenvalue weighted by Crippen LogP contribution is 2.33. The van der Waals surface area contributed by atoms with Gasteiger partial charge in [-0.1, -0.05) is 19.4 Å². The maximum absolute atomic E-state index is 11.6. The summed E-state index contributed by atoms with van der Waals surface area (Å²) >= 11 is 0. The number of Topliss-reactive ketones (excluding diaryl/α,β-unsaturated/α-hetero) is 1. The van der Waals surface area contributed by atoms with Gasteiger partial charge in [0.05, 0.1) is 11.1 Å². The summed E-state index contributed by atoms with van der Waals surface area (Å²) in [5.74, 6) is -0.300. The van der Waals surface area contributed by atoms with Gasteiger partial charge < -0.3 is 19.7 Å². The van der Waals surface area contributed by atoms with Gasteiger partial charge in [0.1, 0.15) is 30.5 Å². The number of aromatic carboxylic acids is 1. The summed E-state index contributed by atoms with van der Waals surface area (Å²) < 4.78 is 11.2. The summed E-state index contributed by atoms with van der Waals surface area (Å²) in [6.07, 6.45) is 1.38. The quantitative estimate of drug-likeness (QED) is 0.524. The molecule has 2 rings (SSSR count). The molecule has 6 nitrogen and oxygen atoms in total. The average Bonchev–Trinajstić information content (AvgIpc) is 2.61. The van der Waals surface area contributed by atoms with Crippen LogP contribution in [0.1, 0.15) is 46.5 Å². The zero-order chi connectivity index (χ0) is 19.1. The maximum atomic E-state index is 11.6. The number of carboxylic acid groups (broad SMARTS) is 1. The van der Waals surface area contributed by atoms with Crippen LogP contribution >= 0.6 is 0 Å². The van der Waals surface area contributed by atoms with Crippen molar-refractivity contribution >= 4 is 11.8 Å². The molecule has 0 heterocycles. The van der Waals surface area contributed by atoms with Crippen LogP contribution in [0.4, 0.5) is 0 Å². The van der Waals surface area contributed by atoms with Gasteiger partial charge in [-0.25, -0.2) is 4.79 Å². The molecule has 0 aliphatic carbocycles. The average molecular weight is 358 g/mol. The number of carbonyl (C=O) groups excluding carboxylic acids is 1. The van der Waals surface area contributed by atoms with Gasteiger partial charge in [0.2, 0.25) is 0 Å². The Morgan fingerprint density at radius 1 is 1.08 bits per heavy atom. The predicted octanol–water partition coefficient (Wildman–Crippen LogP) is 3.70.